The number of hydrogen-bond donors (Lipinski definition) is 0. The molecule has 3 fully saturated rings. The van der Waals surface area contributed by atoms with Crippen LogP contribution in [0.15, 0.2) is 0 Å². The molecule has 0 amide bonds. The normalized spacial score (nSPS) is 56.0. The molecule has 2 unspecified atom stereocenters. The van der Waals surface area contributed by atoms with E-state index in [2.05, 4.69) is 33.5 Å². The van der Waals surface area contributed by atoms with Crippen LogP contribution in [-0.2, 0) is 3.10 Å². The van der Waals surface area contributed by atoms with Gasteiger partial charge in [-0.1, -0.05) is 0 Å². The molecule has 1 nitrogen and oxygen atoms in total. The van der Waals surface area contributed by atoms with Crippen LogP contribution in [0.5, 0.6) is 0 Å². The summed E-state index contributed by atoms with van der Waals surface area (Å²) in [6.45, 7) is 7.32. The van der Waals surface area contributed by atoms with Crippen LogP contribution in [0.1, 0.15) is 40.0 Å². The van der Waals surface area contributed by atoms with Crippen LogP contribution in [0, 0.1) is 16.7 Å². The van der Waals surface area contributed by atoms with E-state index in [4.69, 9.17) is 3.10 Å². The van der Waals surface area contributed by atoms with Crippen LogP contribution in [0.25, 0.3) is 0 Å². The fourth-order valence-electron chi connectivity index (χ4n) is 4.27. The maximum atomic E-state index is 6.49. The molecule has 3 heteroatoms. The molecule has 15 heavy (non-hydrogen) atoms. The molecule has 3 rings (SSSR count). The number of fused-ring (bicyclic) bond motifs is 1. The molecule has 0 aromatic heterocycles. The third kappa shape index (κ3) is 1.25. The van der Waals surface area contributed by atoms with Gasteiger partial charge in [0.05, 0.1) is 0 Å². The average Bonchev–Trinajstić information content (AvgIpc) is 2.68. The van der Waals surface area contributed by atoms with Gasteiger partial charge in [-0.3, -0.25) is 0 Å². The van der Waals surface area contributed by atoms with E-state index in [0.717, 1.165) is 5.92 Å². The molecular weight excluding hydrogens is 368 g/mol. The summed E-state index contributed by atoms with van der Waals surface area (Å²) >= 11 is 1.97. The Morgan fingerprint density at radius 3 is 2.73 bits per heavy atom. The van der Waals surface area contributed by atoms with Crippen molar-refractivity contribution in [2.24, 2.45) is 16.7 Å². The summed E-state index contributed by atoms with van der Waals surface area (Å²) in [5.41, 5.74) is 1.12. The molecule has 0 aromatic carbocycles. The van der Waals surface area contributed by atoms with Crippen LogP contribution in [0.3, 0.4) is 0 Å². The molecule has 88 valence electrons. The molecule has 2 bridgehead atoms. The number of hydrogen-bond acceptors (Lipinski definition) is 1. The van der Waals surface area contributed by atoms with Crippen LogP contribution in [-0.4, -0.2) is 22.5 Å². The van der Waals surface area contributed by atoms with Crippen molar-refractivity contribution < 1.29 is 3.10 Å². The van der Waals surface area contributed by atoms with Crippen molar-refractivity contribution in [1.29, 1.82) is 0 Å². The SMILES string of the molecule is CC[Te@]1(Br)CC23CCC(C[C@H]2O1)C3(C)C. The monoisotopic (exact) mass is 390 g/mol. The summed E-state index contributed by atoms with van der Waals surface area (Å²) in [6, 6.07) is 0. The molecule has 0 radical (unpaired) electrons. The molecule has 0 N–H and O–H groups in total. The van der Waals surface area contributed by atoms with Gasteiger partial charge in [0.1, 0.15) is 0 Å². The minimum atomic E-state index is -2.05. The zero-order valence-corrected chi connectivity index (χ0v) is 13.8. The first kappa shape index (κ1) is 11.3. The van der Waals surface area contributed by atoms with E-state index < -0.39 is 16.4 Å². The first-order valence-corrected chi connectivity index (χ1v) is 15.6. The first-order chi connectivity index (χ1) is 6.94. The summed E-state index contributed by atoms with van der Waals surface area (Å²) in [5, 5.41) is 0. The van der Waals surface area contributed by atoms with Crippen molar-refractivity contribution in [3.63, 3.8) is 0 Å². The molecule has 1 heterocycles. The van der Waals surface area contributed by atoms with E-state index in [0.29, 0.717) is 16.9 Å². The Kier molecular flexibility index (Phi) is 2.39. The molecule has 3 aliphatic rings. The van der Waals surface area contributed by atoms with Gasteiger partial charge in [0.15, 0.2) is 0 Å². The van der Waals surface area contributed by atoms with Crippen LogP contribution in [0.4, 0.5) is 0 Å². The molecule has 2 saturated carbocycles. The number of rotatable bonds is 1. The van der Waals surface area contributed by atoms with Crippen molar-refractivity contribution in [3.05, 3.63) is 0 Å². The first-order valence-electron chi connectivity index (χ1n) is 6.10. The van der Waals surface area contributed by atoms with E-state index in [1.54, 1.807) is 0 Å². The van der Waals surface area contributed by atoms with Gasteiger partial charge in [-0.25, -0.2) is 0 Å². The van der Waals surface area contributed by atoms with E-state index in [1.807, 2.05) is 0 Å². The van der Waals surface area contributed by atoms with Crippen LogP contribution >= 0.6 is 12.8 Å². The van der Waals surface area contributed by atoms with E-state index in [9.17, 15) is 0 Å². The summed E-state index contributed by atoms with van der Waals surface area (Å²) < 4.78 is 9.19. The second-order valence-electron chi connectivity index (χ2n) is 6.09. The Bertz CT molecular complexity index is 306. The van der Waals surface area contributed by atoms with Crippen LogP contribution in [0.2, 0.25) is 8.94 Å². The molecule has 1 aliphatic heterocycles. The molecule has 4 atom stereocenters. The minimum absolute atomic E-state index is 0.550. The summed E-state index contributed by atoms with van der Waals surface area (Å²) in [4.78, 5) is 0. The maximum absolute atomic E-state index is 6.49. The zero-order valence-electron chi connectivity index (χ0n) is 9.88. The van der Waals surface area contributed by atoms with Crippen molar-refractivity contribution in [1.82, 2.24) is 0 Å². The Morgan fingerprint density at radius 1 is 1.47 bits per heavy atom. The average molecular weight is 389 g/mol. The van der Waals surface area contributed by atoms with Gasteiger partial charge in [0.25, 0.3) is 0 Å². The second-order valence-corrected chi connectivity index (χ2v) is 21.1. The predicted octanol–water partition coefficient (Wildman–Crippen LogP) is 4.07. The van der Waals surface area contributed by atoms with Crippen molar-refractivity contribution >= 4 is 29.1 Å². The van der Waals surface area contributed by atoms with E-state index >= 15 is 0 Å². The fraction of sp³-hybridized carbons (Fsp3) is 1.00. The third-order valence-corrected chi connectivity index (χ3v) is 18.0. The fourth-order valence-corrected chi connectivity index (χ4v) is 15.6. The van der Waals surface area contributed by atoms with Gasteiger partial charge in [0, 0.05) is 0 Å². The summed E-state index contributed by atoms with van der Waals surface area (Å²) in [5.74, 6) is 0.944. The predicted molar refractivity (Wildman–Crippen MR) is 68.4 cm³/mol. The van der Waals surface area contributed by atoms with Crippen molar-refractivity contribution in [3.8, 4) is 0 Å². The topological polar surface area (TPSA) is 9.23 Å². The molecular formula is C12H21BrOTe. The zero-order chi connectivity index (χ0) is 10.9. The molecule has 1 saturated heterocycles. The van der Waals surface area contributed by atoms with Gasteiger partial charge >= 0.3 is 104 Å². The quantitative estimate of drug-likeness (QED) is 0.615. The number of halogens is 1. The molecule has 0 aromatic rings. The Morgan fingerprint density at radius 2 is 2.20 bits per heavy atom. The van der Waals surface area contributed by atoms with Crippen LogP contribution < -0.4 is 0 Å². The van der Waals surface area contributed by atoms with Gasteiger partial charge in [-0.2, -0.15) is 0 Å². The summed E-state index contributed by atoms with van der Waals surface area (Å²) in [7, 11) is 0. The third-order valence-electron chi connectivity index (χ3n) is 5.55. The van der Waals surface area contributed by atoms with Gasteiger partial charge < -0.3 is 0 Å². The molecule has 2 aliphatic carbocycles. The van der Waals surface area contributed by atoms with E-state index in [1.165, 1.54) is 28.2 Å². The Hall–Kier alpha value is 1.23. The Balaban J connectivity index is 1.99. The molecule has 1 spiro atoms. The van der Waals surface area contributed by atoms with E-state index in [-0.39, 0.29) is 0 Å². The van der Waals surface area contributed by atoms with Gasteiger partial charge in [0.2, 0.25) is 0 Å². The van der Waals surface area contributed by atoms with Crippen molar-refractivity contribution in [2.45, 2.75) is 55.1 Å². The van der Waals surface area contributed by atoms with Gasteiger partial charge in [-0.15, -0.1) is 0 Å². The second kappa shape index (κ2) is 3.16. The van der Waals surface area contributed by atoms with Gasteiger partial charge in [-0.05, 0) is 0 Å². The Labute approximate surface area is 103 Å². The standard InChI is InChI=1S/C12H21BrOTe/c1-4-15(13)8-12-6-5-9(11(12,2)3)7-10(12)14-15/h9-10H,4-8H2,1-3H3/t9?,10-,12?/m1/s1. The summed E-state index contributed by atoms with van der Waals surface area (Å²) in [6.07, 6.45) is 4.87. The van der Waals surface area contributed by atoms with Crippen molar-refractivity contribution in [2.75, 3.05) is 0 Å².